The largest absolute Gasteiger partial charge is 0.465 e. The van der Waals surface area contributed by atoms with Gasteiger partial charge in [0.15, 0.2) is 0 Å². The number of piperidine rings is 1. The van der Waals surface area contributed by atoms with Gasteiger partial charge in [-0.25, -0.2) is 4.79 Å². The molecule has 1 fully saturated rings. The fourth-order valence-corrected chi connectivity index (χ4v) is 3.54. The summed E-state index contributed by atoms with van der Waals surface area (Å²) in [4.78, 5) is 26.3. The molecule has 3 rings (SSSR count). The minimum Gasteiger partial charge on any atom is -0.465 e. The highest BCUT2D eigenvalue weighted by Crippen LogP contribution is 2.22. The van der Waals surface area contributed by atoms with Crippen LogP contribution in [-0.4, -0.2) is 43.5 Å². The minimum atomic E-state index is -0.410. The third kappa shape index (κ3) is 5.09. The van der Waals surface area contributed by atoms with Crippen LogP contribution in [-0.2, 0) is 16.0 Å². The third-order valence-electron chi connectivity index (χ3n) is 5.10. The third-order valence-corrected chi connectivity index (χ3v) is 5.10. The Balaban J connectivity index is 1.48. The average Bonchev–Trinajstić information content (AvgIpc) is 2.73. The first-order valence-corrected chi connectivity index (χ1v) is 9.40. The molecule has 0 bridgehead atoms. The molecule has 1 amide bonds. The molecule has 1 heterocycles. The van der Waals surface area contributed by atoms with E-state index in [0.29, 0.717) is 17.2 Å². The SMILES string of the molecule is COC(=O)c1ccccc1NCC(=O)N1CCC(Cc2ccccc2)CC1. The van der Waals surface area contributed by atoms with Crippen LogP contribution in [0.3, 0.4) is 0 Å². The van der Waals surface area contributed by atoms with Crippen molar-refractivity contribution < 1.29 is 14.3 Å². The average molecular weight is 366 g/mol. The van der Waals surface area contributed by atoms with Crippen LogP contribution in [0.5, 0.6) is 0 Å². The highest BCUT2D eigenvalue weighted by atomic mass is 16.5. The van der Waals surface area contributed by atoms with E-state index in [4.69, 9.17) is 4.74 Å². The van der Waals surface area contributed by atoms with Crippen molar-refractivity contribution >= 4 is 17.6 Å². The Labute approximate surface area is 160 Å². The zero-order chi connectivity index (χ0) is 19.1. The molecule has 0 aromatic heterocycles. The molecule has 1 aliphatic rings. The summed E-state index contributed by atoms with van der Waals surface area (Å²) in [5, 5.41) is 3.08. The Bertz CT molecular complexity index is 768. The van der Waals surface area contributed by atoms with Gasteiger partial charge in [0, 0.05) is 18.8 Å². The maximum absolute atomic E-state index is 12.5. The van der Waals surface area contributed by atoms with E-state index in [1.165, 1.54) is 12.7 Å². The molecule has 27 heavy (non-hydrogen) atoms. The number of hydrogen-bond acceptors (Lipinski definition) is 4. The Kier molecular flexibility index (Phi) is 6.47. The fourth-order valence-electron chi connectivity index (χ4n) is 3.54. The van der Waals surface area contributed by atoms with Crippen molar-refractivity contribution in [2.24, 2.45) is 5.92 Å². The number of para-hydroxylation sites is 1. The van der Waals surface area contributed by atoms with E-state index < -0.39 is 5.97 Å². The molecule has 1 N–H and O–H groups in total. The van der Waals surface area contributed by atoms with E-state index in [0.717, 1.165) is 32.4 Å². The molecule has 5 heteroatoms. The van der Waals surface area contributed by atoms with Crippen LogP contribution in [0.1, 0.15) is 28.8 Å². The van der Waals surface area contributed by atoms with Crippen LogP contribution < -0.4 is 5.32 Å². The zero-order valence-electron chi connectivity index (χ0n) is 15.7. The summed E-state index contributed by atoms with van der Waals surface area (Å²) in [6.07, 6.45) is 3.13. The van der Waals surface area contributed by atoms with Crippen molar-refractivity contribution in [3.05, 3.63) is 65.7 Å². The van der Waals surface area contributed by atoms with Crippen molar-refractivity contribution in [3.8, 4) is 0 Å². The molecule has 2 aromatic carbocycles. The van der Waals surface area contributed by atoms with Gasteiger partial charge in [0.1, 0.15) is 0 Å². The van der Waals surface area contributed by atoms with Gasteiger partial charge in [-0.2, -0.15) is 0 Å². The number of nitrogens with one attached hydrogen (secondary N) is 1. The molecule has 1 saturated heterocycles. The smallest absolute Gasteiger partial charge is 0.339 e. The maximum atomic E-state index is 12.5. The molecule has 0 saturated carbocycles. The number of methoxy groups -OCH3 is 1. The van der Waals surface area contributed by atoms with Gasteiger partial charge < -0.3 is 15.0 Å². The summed E-state index contributed by atoms with van der Waals surface area (Å²) in [5.41, 5.74) is 2.43. The number of nitrogens with zero attached hydrogens (tertiary/aromatic N) is 1. The summed E-state index contributed by atoms with van der Waals surface area (Å²) in [5.74, 6) is 0.282. The first kappa shape index (κ1) is 19.0. The summed E-state index contributed by atoms with van der Waals surface area (Å²) in [7, 11) is 1.35. The van der Waals surface area contributed by atoms with E-state index in [2.05, 4.69) is 29.6 Å². The first-order valence-electron chi connectivity index (χ1n) is 9.40. The quantitative estimate of drug-likeness (QED) is 0.797. The van der Waals surface area contributed by atoms with E-state index >= 15 is 0 Å². The molecular weight excluding hydrogens is 340 g/mol. The Morgan fingerprint density at radius 3 is 2.41 bits per heavy atom. The van der Waals surface area contributed by atoms with Gasteiger partial charge in [-0.1, -0.05) is 42.5 Å². The molecule has 2 aromatic rings. The van der Waals surface area contributed by atoms with Crippen LogP contribution in [0, 0.1) is 5.92 Å². The number of ether oxygens (including phenoxy) is 1. The van der Waals surface area contributed by atoms with Gasteiger partial charge in [0.05, 0.1) is 19.2 Å². The van der Waals surface area contributed by atoms with Crippen molar-refractivity contribution in [2.45, 2.75) is 19.3 Å². The fraction of sp³-hybridized carbons (Fsp3) is 0.364. The van der Waals surface area contributed by atoms with Crippen LogP contribution in [0.4, 0.5) is 5.69 Å². The highest BCUT2D eigenvalue weighted by molar-refractivity contribution is 5.96. The van der Waals surface area contributed by atoms with Crippen LogP contribution >= 0.6 is 0 Å². The van der Waals surface area contributed by atoms with Crippen molar-refractivity contribution in [2.75, 3.05) is 32.1 Å². The van der Waals surface area contributed by atoms with Crippen molar-refractivity contribution in [1.29, 1.82) is 0 Å². The molecule has 5 nitrogen and oxygen atoms in total. The first-order chi connectivity index (χ1) is 13.2. The predicted octanol–water partition coefficient (Wildman–Crippen LogP) is 3.37. The Hall–Kier alpha value is -2.82. The van der Waals surface area contributed by atoms with Crippen LogP contribution in [0.15, 0.2) is 54.6 Å². The van der Waals surface area contributed by atoms with E-state index in [1.54, 1.807) is 18.2 Å². The summed E-state index contributed by atoms with van der Waals surface area (Å²) < 4.78 is 4.79. The van der Waals surface area contributed by atoms with Gasteiger partial charge in [-0.3, -0.25) is 4.79 Å². The summed E-state index contributed by atoms with van der Waals surface area (Å²) in [6, 6.07) is 17.6. The number of amides is 1. The molecule has 0 unspecified atom stereocenters. The Morgan fingerprint density at radius 2 is 1.70 bits per heavy atom. The van der Waals surface area contributed by atoms with Gasteiger partial charge in [-0.05, 0) is 42.9 Å². The molecule has 0 radical (unpaired) electrons. The molecule has 1 aliphatic heterocycles. The Morgan fingerprint density at radius 1 is 1.04 bits per heavy atom. The van der Waals surface area contributed by atoms with Crippen LogP contribution in [0.2, 0.25) is 0 Å². The predicted molar refractivity (Wildman–Crippen MR) is 106 cm³/mol. The van der Waals surface area contributed by atoms with Crippen LogP contribution in [0.25, 0.3) is 0 Å². The van der Waals surface area contributed by atoms with E-state index in [-0.39, 0.29) is 12.5 Å². The number of esters is 1. The lowest BCUT2D eigenvalue weighted by Gasteiger charge is -2.32. The number of carbonyl (C=O) groups excluding carboxylic acids is 2. The number of benzene rings is 2. The normalized spacial score (nSPS) is 14.6. The van der Waals surface area contributed by atoms with Gasteiger partial charge >= 0.3 is 5.97 Å². The lowest BCUT2D eigenvalue weighted by molar-refractivity contribution is -0.130. The number of likely N-dealkylation sites (tertiary alicyclic amines) is 1. The lowest BCUT2D eigenvalue weighted by Crippen LogP contribution is -2.41. The van der Waals surface area contributed by atoms with E-state index in [9.17, 15) is 9.59 Å². The number of anilines is 1. The summed E-state index contributed by atoms with van der Waals surface area (Å²) in [6.45, 7) is 1.75. The highest BCUT2D eigenvalue weighted by Gasteiger charge is 2.23. The molecule has 0 aliphatic carbocycles. The van der Waals surface area contributed by atoms with Crippen molar-refractivity contribution in [3.63, 3.8) is 0 Å². The lowest BCUT2D eigenvalue weighted by atomic mass is 9.90. The van der Waals surface area contributed by atoms with Gasteiger partial charge in [0.2, 0.25) is 5.91 Å². The van der Waals surface area contributed by atoms with Gasteiger partial charge in [-0.15, -0.1) is 0 Å². The second-order valence-corrected chi connectivity index (χ2v) is 6.90. The molecule has 0 atom stereocenters. The van der Waals surface area contributed by atoms with Crippen molar-refractivity contribution in [1.82, 2.24) is 4.90 Å². The van der Waals surface area contributed by atoms with E-state index in [1.807, 2.05) is 17.0 Å². The molecule has 142 valence electrons. The van der Waals surface area contributed by atoms with Gasteiger partial charge in [0.25, 0.3) is 0 Å². The number of carbonyl (C=O) groups is 2. The second kappa shape index (κ2) is 9.21. The summed E-state index contributed by atoms with van der Waals surface area (Å²) >= 11 is 0. The topological polar surface area (TPSA) is 58.6 Å². The second-order valence-electron chi connectivity index (χ2n) is 6.90. The maximum Gasteiger partial charge on any atom is 0.339 e. The monoisotopic (exact) mass is 366 g/mol. The standard InChI is InChI=1S/C22H26N2O3/c1-27-22(26)19-9-5-6-10-20(19)23-16-21(25)24-13-11-18(12-14-24)15-17-7-3-2-4-8-17/h2-10,18,23H,11-16H2,1H3. The molecular formula is C22H26N2O3. The zero-order valence-corrected chi connectivity index (χ0v) is 15.7. The number of rotatable bonds is 6. The molecule has 0 spiro atoms. The minimum absolute atomic E-state index is 0.0628. The number of hydrogen-bond donors (Lipinski definition) is 1.